The van der Waals surface area contributed by atoms with Gasteiger partial charge in [0.25, 0.3) is 0 Å². The van der Waals surface area contributed by atoms with Crippen LogP contribution in [0.4, 0.5) is 0 Å². The van der Waals surface area contributed by atoms with Gasteiger partial charge in [0.1, 0.15) is 18.0 Å². The second-order valence-electron chi connectivity index (χ2n) is 11.4. The molecule has 0 aromatic rings. The first-order valence-electron chi connectivity index (χ1n) is 12.8. The zero-order valence-corrected chi connectivity index (χ0v) is 19.6. The summed E-state index contributed by atoms with van der Waals surface area (Å²) in [6.07, 6.45) is 14.6. The van der Waals surface area contributed by atoms with Gasteiger partial charge in [-0.15, -0.1) is 0 Å². The smallest absolute Gasteiger partial charge is 0.170 e. The number of methoxy groups -OCH3 is 1. The van der Waals surface area contributed by atoms with E-state index in [1.165, 1.54) is 57.8 Å². The molecule has 1 heterocycles. The van der Waals surface area contributed by atoms with Crippen LogP contribution in [0.1, 0.15) is 91.4 Å². The van der Waals surface area contributed by atoms with Crippen LogP contribution in [0.2, 0.25) is 0 Å². The molecule has 3 nitrogen and oxygen atoms in total. The molecule has 0 spiro atoms. The molecule has 0 aromatic carbocycles. The Morgan fingerprint density at radius 2 is 1.80 bits per heavy atom. The van der Waals surface area contributed by atoms with Crippen molar-refractivity contribution in [3.05, 3.63) is 22.7 Å². The molecule has 3 heteroatoms. The Morgan fingerprint density at radius 3 is 2.50 bits per heavy atom. The van der Waals surface area contributed by atoms with Crippen LogP contribution < -0.4 is 0 Å². The first-order chi connectivity index (χ1) is 14.5. The van der Waals surface area contributed by atoms with Crippen LogP contribution in [0.5, 0.6) is 0 Å². The Kier molecular flexibility index (Phi) is 4.14. The van der Waals surface area contributed by atoms with Crippen molar-refractivity contribution in [3.63, 3.8) is 0 Å². The number of fused-ring (bicyclic) bond motifs is 4. The van der Waals surface area contributed by atoms with Gasteiger partial charge in [-0.2, -0.15) is 0 Å². The van der Waals surface area contributed by atoms with Crippen LogP contribution in [-0.4, -0.2) is 25.9 Å². The van der Waals surface area contributed by atoms with E-state index in [9.17, 15) is 0 Å². The van der Waals surface area contributed by atoms with Crippen LogP contribution in [0, 0.1) is 28.1 Å². The molecule has 0 unspecified atom stereocenters. The van der Waals surface area contributed by atoms with Crippen molar-refractivity contribution in [3.8, 4) is 0 Å². The second kappa shape index (κ2) is 6.30. The zero-order chi connectivity index (χ0) is 20.8. The Hall–Kier alpha value is -0.960. The van der Waals surface area contributed by atoms with Gasteiger partial charge in [0.2, 0.25) is 0 Å². The van der Waals surface area contributed by atoms with Gasteiger partial charge in [0.15, 0.2) is 5.76 Å². The van der Waals surface area contributed by atoms with Gasteiger partial charge in [-0.3, -0.25) is 0 Å². The highest BCUT2D eigenvalue weighted by atomic mass is 16.6. The van der Waals surface area contributed by atoms with Crippen LogP contribution >= 0.6 is 0 Å². The molecule has 1 saturated heterocycles. The number of allylic oxidation sites excluding steroid dienone is 1. The highest BCUT2D eigenvalue weighted by Gasteiger charge is 2.73. The zero-order valence-electron chi connectivity index (χ0n) is 19.6. The van der Waals surface area contributed by atoms with E-state index in [-0.39, 0.29) is 5.60 Å². The molecule has 0 aromatic heterocycles. The lowest BCUT2D eigenvalue weighted by atomic mass is 9.45. The van der Waals surface area contributed by atoms with Crippen molar-refractivity contribution >= 4 is 0 Å². The molecular weight excluding hydrogens is 372 g/mol. The molecule has 3 saturated carbocycles. The quantitative estimate of drug-likeness (QED) is 0.493. The fraction of sp³-hybridized carbons (Fsp3) is 0.852. The van der Waals surface area contributed by atoms with Crippen molar-refractivity contribution in [2.24, 2.45) is 28.1 Å². The molecule has 30 heavy (non-hydrogen) atoms. The molecule has 1 aliphatic heterocycles. The van der Waals surface area contributed by atoms with E-state index in [2.05, 4.69) is 20.8 Å². The third-order valence-corrected chi connectivity index (χ3v) is 11.6. The summed E-state index contributed by atoms with van der Waals surface area (Å²) in [6, 6.07) is 0. The minimum absolute atomic E-state index is 0.357. The van der Waals surface area contributed by atoms with Gasteiger partial charge >= 0.3 is 0 Å². The molecule has 5 aliphatic carbocycles. The van der Waals surface area contributed by atoms with Crippen molar-refractivity contribution in [1.82, 2.24) is 0 Å². The summed E-state index contributed by atoms with van der Waals surface area (Å²) in [5, 5.41) is 0. The van der Waals surface area contributed by atoms with Crippen molar-refractivity contribution in [2.75, 3.05) is 20.3 Å². The summed E-state index contributed by atoms with van der Waals surface area (Å²) in [6.45, 7) is 8.83. The normalized spacial score (nSPS) is 49.2. The molecule has 0 N–H and O–H groups in total. The Labute approximate surface area is 182 Å². The molecule has 6 aliphatic rings. The van der Waals surface area contributed by atoms with E-state index in [4.69, 9.17) is 14.2 Å². The predicted octanol–water partition coefficient (Wildman–Crippen LogP) is 6.54. The lowest BCUT2D eigenvalue weighted by Crippen LogP contribution is -2.55. The van der Waals surface area contributed by atoms with Gasteiger partial charge in [-0.1, -0.05) is 26.3 Å². The Balaban J connectivity index is 1.46. The highest BCUT2D eigenvalue weighted by molar-refractivity contribution is 5.46. The molecular formula is C27H40O3. The van der Waals surface area contributed by atoms with Gasteiger partial charge in [-0.25, -0.2) is 0 Å². The Morgan fingerprint density at radius 1 is 1.00 bits per heavy atom. The van der Waals surface area contributed by atoms with Gasteiger partial charge in [0.05, 0.1) is 13.7 Å². The molecule has 166 valence electrons. The van der Waals surface area contributed by atoms with E-state index in [0.717, 1.165) is 30.3 Å². The van der Waals surface area contributed by atoms with Gasteiger partial charge < -0.3 is 14.2 Å². The lowest BCUT2D eigenvalue weighted by molar-refractivity contribution is -0.125. The molecule has 6 rings (SSSR count). The van der Waals surface area contributed by atoms with Crippen LogP contribution in [-0.2, 0) is 14.2 Å². The third-order valence-electron chi connectivity index (χ3n) is 11.6. The number of rotatable bonds is 3. The fourth-order valence-corrected chi connectivity index (χ4v) is 10.1. The lowest BCUT2D eigenvalue weighted by Gasteiger charge is -2.60. The number of ether oxygens (including phenoxy) is 3. The SMILES string of the molecule is CCC12CCC3(CC1)[C@@H]1CCC4=C([C@H]1CC[C@]23C)[C@]1(CC)OCCOC1=C(OC)C4. The highest BCUT2D eigenvalue weighted by Crippen LogP contribution is 2.81. The molecule has 4 atom stereocenters. The first kappa shape index (κ1) is 19.7. The van der Waals surface area contributed by atoms with Crippen molar-refractivity contribution in [1.29, 1.82) is 0 Å². The topological polar surface area (TPSA) is 27.7 Å². The standard InChI is InChI=1S/C27H40O3/c1-5-25-11-13-26(14-12-25)20-8-7-18-17-21(28-4)23-27(6-2,30-16-15-29-23)22(18)19(20)9-10-24(25,26)3/h19-20H,5-17H2,1-4H3/t19-,20+,24+,25?,26?,27-/m0/s1. The minimum atomic E-state index is -0.357. The Bertz CT molecular complexity index is 814. The van der Waals surface area contributed by atoms with Gasteiger partial charge in [-0.05, 0) is 97.9 Å². The summed E-state index contributed by atoms with van der Waals surface area (Å²) in [5.41, 5.74) is 4.67. The largest absolute Gasteiger partial charge is 0.497 e. The summed E-state index contributed by atoms with van der Waals surface area (Å²) in [4.78, 5) is 0. The summed E-state index contributed by atoms with van der Waals surface area (Å²) in [5.74, 6) is 3.57. The monoisotopic (exact) mass is 412 g/mol. The minimum Gasteiger partial charge on any atom is -0.497 e. The summed E-state index contributed by atoms with van der Waals surface area (Å²) < 4.78 is 18.9. The van der Waals surface area contributed by atoms with Gasteiger partial charge in [0, 0.05) is 6.42 Å². The van der Waals surface area contributed by atoms with Crippen LogP contribution in [0.25, 0.3) is 0 Å². The maximum atomic E-state index is 6.70. The van der Waals surface area contributed by atoms with E-state index in [1.54, 1.807) is 11.1 Å². The predicted molar refractivity (Wildman–Crippen MR) is 118 cm³/mol. The summed E-state index contributed by atoms with van der Waals surface area (Å²) in [7, 11) is 1.81. The average Bonchev–Trinajstić information content (AvgIpc) is 3.21. The van der Waals surface area contributed by atoms with E-state index in [1.807, 2.05) is 7.11 Å². The molecule has 0 amide bonds. The number of hydrogen-bond donors (Lipinski definition) is 0. The third kappa shape index (κ3) is 1.99. The maximum absolute atomic E-state index is 6.70. The number of hydrogen-bond acceptors (Lipinski definition) is 3. The first-order valence-corrected chi connectivity index (χ1v) is 12.8. The van der Waals surface area contributed by atoms with Crippen molar-refractivity contribution < 1.29 is 14.2 Å². The van der Waals surface area contributed by atoms with E-state index >= 15 is 0 Å². The fourth-order valence-electron chi connectivity index (χ4n) is 10.1. The molecule has 4 fully saturated rings. The van der Waals surface area contributed by atoms with Crippen LogP contribution in [0.3, 0.4) is 0 Å². The summed E-state index contributed by atoms with van der Waals surface area (Å²) >= 11 is 0. The molecule has 0 radical (unpaired) electrons. The average molecular weight is 413 g/mol. The van der Waals surface area contributed by atoms with E-state index in [0.29, 0.717) is 35.4 Å². The maximum Gasteiger partial charge on any atom is 0.170 e. The second-order valence-corrected chi connectivity index (χ2v) is 11.4. The van der Waals surface area contributed by atoms with Crippen LogP contribution in [0.15, 0.2) is 22.7 Å². The van der Waals surface area contributed by atoms with Crippen molar-refractivity contribution in [2.45, 2.75) is 97.0 Å². The van der Waals surface area contributed by atoms with E-state index < -0.39 is 0 Å². The molecule has 2 bridgehead atoms.